The Bertz CT molecular complexity index is 1520. The van der Waals surface area contributed by atoms with Crippen LogP contribution in [0, 0.1) is 0 Å². The second-order valence-electron chi connectivity index (χ2n) is 13.1. The molecule has 9 rings (SSSR count). The van der Waals surface area contributed by atoms with Crippen molar-refractivity contribution in [3.63, 3.8) is 0 Å². The van der Waals surface area contributed by atoms with E-state index in [0.29, 0.717) is 6.17 Å². The largest absolute Gasteiger partial charge is 0.369 e. The van der Waals surface area contributed by atoms with Gasteiger partial charge in [0.15, 0.2) is 0 Å². The van der Waals surface area contributed by atoms with Crippen molar-refractivity contribution in [2.75, 3.05) is 56.7 Å². The van der Waals surface area contributed by atoms with Crippen LogP contribution in [0.25, 0.3) is 0 Å². The van der Waals surface area contributed by atoms with Gasteiger partial charge >= 0.3 is 0 Å². The van der Waals surface area contributed by atoms with Gasteiger partial charge in [0.05, 0.1) is 23.9 Å². The number of anilines is 3. The number of para-hydroxylation sites is 3. The van der Waals surface area contributed by atoms with Gasteiger partial charge < -0.3 is 16.0 Å². The predicted molar refractivity (Wildman–Crippen MR) is 157 cm³/mol. The molecule has 6 aliphatic rings. The number of benzene rings is 3. The van der Waals surface area contributed by atoms with Gasteiger partial charge in [-0.3, -0.25) is 14.7 Å². The molecule has 3 N–H and O–H groups in total. The summed E-state index contributed by atoms with van der Waals surface area (Å²) < 4.78 is 0. The molecule has 6 heterocycles. The van der Waals surface area contributed by atoms with E-state index in [0.717, 1.165) is 26.1 Å². The Labute approximate surface area is 231 Å². The molecule has 6 atom stereocenters. The van der Waals surface area contributed by atoms with E-state index in [-0.39, 0.29) is 28.6 Å². The van der Waals surface area contributed by atoms with Crippen molar-refractivity contribution in [2.24, 2.45) is 0 Å². The Morgan fingerprint density at radius 1 is 0.538 bits per heavy atom. The molecule has 0 aliphatic carbocycles. The minimum atomic E-state index is -0.0581. The molecule has 0 saturated carbocycles. The number of nitrogens with one attached hydrogen (secondary N) is 3. The molecule has 0 radical (unpaired) electrons. The summed E-state index contributed by atoms with van der Waals surface area (Å²) >= 11 is 0. The number of rotatable bonds is 2. The first-order valence-corrected chi connectivity index (χ1v) is 14.8. The van der Waals surface area contributed by atoms with E-state index in [9.17, 15) is 0 Å². The molecule has 0 amide bonds. The minimum Gasteiger partial charge on any atom is -0.369 e. The van der Waals surface area contributed by atoms with Crippen LogP contribution in [0.4, 0.5) is 17.1 Å². The van der Waals surface area contributed by atoms with Gasteiger partial charge in [-0.25, -0.2) is 0 Å². The highest BCUT2D eigenvalue weighted by molar-refractivity contribution is 5.78. The summed E-state index contributed by atoms with van der Waals surface area (Å²) in [4.78, 5) is 7.70. The number of nitrogens with zero attached hydrogens (tertiary/aromatic N) is 3. The van der Waals surface area contributed by atoms with Crippen molar-refractivity contribution >= 4 is 17.1 Å². The quantitative estimate of drug-likeness (QED) is 0.467. The van der Waals surface area contributed by atoms with Crippen LogP contribution in [-0.2, 0) is 16.2 Å². The van der Waals surface area contributed by atoms with Crippen LogP contribution >= 0.6 is 0 Å². The SMILES string of the molecule is CN1CC[C@]2(c3cccc4c3N[C@H]3N(C)CCC43[C@]34CCN(C)[C@H]3Nc3ccccc34)c3ccccc3N[C@H]12. The van der Waals surface area contributed by atoms with Crippen LogP contribution in [0.2, 0.25) is 0 Å². The second-order valence-corrected chi connectivity index (χ2v) is 13.1. The van der Waals surface area contributed by atoms with Crippen molar-refractivity contribution in [2.45, 2.75) is 54.0 Å². The van der Waals surface area contributed by atoms with E-state index in [1.54, 1.807) is 5.56 Å². The molecule has 3 saturated heterocycles. The number of hydrogen-bond acceptors (Lipinski definition) is 6. The lowest BCUT2D eigenvalue weighted by Crippen LogP contribution is -2.60. The van der Waals surface area contributed by atoms with Crippen LogP contribution in [-0.4, -0.2) is 74.0 Å². The Kier molecular flexibility index (Phi) is 4.29. The fraction of sp³-hybridized carbons (Fsp3) is 0.455. The van der Waals surface area contributed by atoms with Gasteiger partial charge in [-0.05, 0) is 74.8 Å². The van der Waals surface area contributed by atoms with Crippen LogP contribution < -0.4 is 16.0 Å². The molecule has 6 nitrogen and oxygen atoms in total. The van der Waals surface area contributed by atoms with Crippen LogP contribution in [0.5, 0.6) is 0 Å². The third-order valence-electron chi connectivity index (χ3n) is 11.8. The second kappa shape index (κ2) is 7.36. The highest BCUT2D eigenvalue weighted by Crippen LogP contribution is 2.67. The van der Waals surface area contributed by atoms with E-state index in [1.165, 1.54) is 46.6 Å². The summed E-state index contributed by atoms with van der Waals surface area (Å²) in [6.07, 6.45) is 4.32. The highest BCUT2D eigenvalue weighted by Gasteiger charge is 2.71. The molecular weight excluding hydrogens is 480 g/mol. The lowest BCUT2D eigenvalue weighted by atomic mass is 9.54. The minimum absolute atomic E-state index is 0.00961. The molecule has 6 heteroatoms. The molecule has 0 aromatic heterocycles. The number of hydrogen-bond donors (Lipinski definition) is 3. The monoisotopic (exact) mass is 518 g/mol. The molecule has 0 bridgehead atoms. The Morgan fingerprint density at radius 2 is 1.05 bits per heavy atom. The maximum absolute atomic E-state index is 4.25. The lowest BCUT2D eigenvalue weighted by Gasteiger charge is -2.48. The molecule has 3 fully saturated rings. The van der Waals surface area contributed by atoms with Crippen LogP contribution in [0.15, 0.2) is 66.7 Å². The summed E-state index contributed by atoms with van der Waals surface area (Å²) in [7, 11) is 6.93. The van der Waals surface area contributed by atoms with Gasteiger partial charge in [0.2, 0.25) is 0 Å². The molecule has 39 heavy (non-hydrogen) atoms. The standard InChI is InChI=1S/C33H38N6/c1-37-18-15-31(21-9-4-6-13-25(21)34-28(31)37)23-11-8-12-24-27(23)36-30-33(24,17-20-39(30)3)32-16-19-38(2)29(32)35-26-14-7-5-10-22(26)32/h4-14,28-30,34-36H,15-20H2,1-3H3/t28-,29-,30+,31-,32+,33?/m1/s1. The maximum Gasteiger partial charge on any atom is 0.0933 e. The maximum atomic E-state index is 4.25. The third-order valence-corrected chi connectivity index (χ3v) is 11.8. The molecule has 6 aliphatic heterocycles. The van der Waals surface area contributed by atoms with Gasteiger partial charge in [0.1, 0.15) is 0 Å². The Morgan fingerprint density at radius 3 is 1.82 bits per heavy atom. The van der Waals surface area contributed by atoms with E-state index in [2.05, 4.69) is 119 Å². The molecule has 200 valence electrons. The van der Waals surface area contributed by atoms with Crippen LogP contribution in [0.1, 0.15) is 41.5 Å². The average Bonchev–Trinajstić information content (AvgIpc) is 3.76. The van der Waals surface area contributed by atoms with Gasteiger partial charge in [0.25, 0.3) is 0 Å². The molecule has 3 aromatic rings. The predicted octanol–water partition coefficient (Wildman–Crippen LogP) is 4.41. The zero-order valence-electron chi connectivity index (χ0n) is 23.2. The Hall–Kier alpha value is -3.06. The summed E-state index contributed by atoms with van der Waals surface area (Å²) in [6.45, 7) is 3.33. The topological polar surface area (TPSA) is 45.8 Å². The van der Waals surface area contributed by atoms with E-state index in [4.69, 9.17) is 0 Å². The van der Waals surface area contributed by atoms with Crippen molar-refractivity contribution in [1.29, 1.82) is 0 Å². The zero-order chi connectivity index (χ0) is 26.1. The summed E-state index contributed by atoms with van der Waals surface area (Å²) in [6, 6.07) is 25.5. The molecule has 3 aromatic carbocycles. The first-order chi connectivity index (χ1) is 19.0. The van der Waals surface area contributed by atoms with E-state index < -0.39 is 0 Å². The summed E-state index contributed by atoms with van der Waals surface area (Å²) in [5, 5.41) is 12.2. The summed E-state index contributed by atoms with van der Waals surface area (Å²) in [5.74, 6) is 0. The number of fused-ring (bicyclic) bond motifs is 10. The fourth-order valence-corrected chi connectivity index (χ4v) is 10.3. The number of likely N-dealkylation sites (N-methyl/N-ethyl adjacent to an activating group) is 3. The van der Waals surface area contributed by atoms with Gasteiger partial charge in [-0.1, -0.05) is 54.6 Å². The molecule has 1 unspecified atom stereocenters. The highest BCUT2D eigenvalue weighted by atomic mass is 15.4. The summed E-state index contributed by atoms with van der Waals surface area (Å²) in [5.41, 5.74) is 9.96. The average molecular weight is 519 g/mol. The molecular formula is C33H38N6. The van der Waals surface area contributed by atoms with Crippen molar-refractivity contribution < 1.29 is 0 Å². The fourth-order valence-electron chi connectivity index (χ4n) is 10.3. The third kappa shape index (κ3) is 2.39. The van der Waals surface area contributed by atoms with Crippen LogP contribution in [0.3, 0.4) is 0 Å². The molecule has 0 spiro atoms. The van der Waals surface area contributed by atoms with Crippen molar-refractivity contribution in [1.82, 2.24) is 14.7 Å². The first-order valence-electron chi connectivity index (χ1n) is 14.8. The van der Waals surface area contributed by atoms with Gasteiger partial charge in [-0.15, -0.1) is 0 Å². The lowest BCUT2D eigenvalue weighted by molar-refractivity contribution is 0.147. The normalized spacial score (nSPS) is 37.9. The number of likely N-dealkylation sites (tertiary alicyclic amines) is 3. The van der Waals surface area contributed by atoms with Crippen molar-refractivity contribution in [3.8, 4) is 0 Å². The van der Waals surface area contributed by atoms with Gasteiger partial charge in [0, 0.05) is 47.5 Å². The van der Waals surface area contributed by atoms with Gasteiger partial charge in [-0.2, -0.15) is 0 Å². The first kappa shape index (κ1) is 22.7. The Balaban J connectivity index is 1.31. The van der Waals surface area contributed by atoms with E-state index >= 15 is 0 Å². The van der Waals surface area contributed by atoms with E-state index in [1.807, 2.05) is 0 Å². The van der Waals surface area contributed by atoms with Crippen molar-refractivity contribution in [3.05, 3.63) is 89.0 Å². The smallest absolute Gasteiger partial charge is 0.0933 e. The zero-order valence-corrected chi connectivity index (χ0v) is 23.2.